The molecule has 1 atom stereocenters. The van der Waals surface area contributed by atoms with E-state index in [2.05, 4.69) is 17.1 Å². The van der Waals surface area contributed by atoms with Gasteiger partial charge in [0.1, 0.15) is 5.54 Å². The zero-order chi connectivity index (χ0) is 14.8. The molecule has 20 heavy (non-hydrogen) atoms. The van der Waals surface area contributed by atoms with Gasteiger partial charge in [-0.15, -0.1) is 0 Å². The van der Waals surface area contributed by atoms with Gasteiger partial charge in [-0.25, -0.2) is 0 Å². The van der Waals surface area contributed by atoms with Crippen molar-refractivity contribution in [3.05, 3.63) is 0 Å². The zero-order valence-electron chi connectivity index (χ0n) is 12.6. The second-order valence-electron chi connectivity index (χ2n) is 6.06. The van der Waals surface area contributed by atoms with E-state index >= 15 is 0 Å². The van der Waals surface area contributed by atoms with E-state index in [0.29, 0.717) is 26.1 Å². The molecule has 2 aliphatic rings. The van der Waals surface area contributed by atoms with E-state index in [4.69, 9.17) is 4.74 Å². The van der Waals surface area contributed by atoms with Crippen molar-refractivity contribution in [2.75, 3.05) is 39.3 Å². The Bertz CT molecular complexity index is 384. The summed E-state index contributed by atoms with van der Waals surface area (Å²) in [5.74, 6) is -0.0915. The van der Waals surface area contributed by atoms with Crippen LogP contribution in [0.1, 0.15) is 27.2 Å². The van der Waals surface area contributed by atoms with Gasteiger partial charge in [-0.2, -0.15) is 0 Å². The number of hydrogen-bond donors (Lipinski definition) is 1. The number of carbonyl (C=O) groups is 2. The van der Waals surface area contributed by atoms with Crippen molar-refractivity contribution in [2.24, 2.45) is 0 Å². The number of carbonyl (C=O) groups excluding carboxylic acids is 2. The van der Waals surface area contributed by atoms with Crippen molar-refractivity contribution in [1.29, 1.82) is 0 Å². The molecule has 2 fully saturated rings. The van der Waals surface area contributed by atoms with E-state index in [0.717, 1.165) is 19.6 Å². The Morgan fingerprint density at radius 2 is 2.10 bits per heavy atom. The molecule has 2 amide bonds. The molecule has 0 saturated carbocycles. The summed E-state index contributed by atoms with van der Waals surface area (Å²) in [4.78, 5) is 28.2. The quantitative estimate of drug-likeness (QED) is 0.781. The summed E-state index contributed by atoms with van der Waals surface area (Å²) in [6.45, 7) is 10.2. The molecule has 6 nitrogen and oxygen atoms in total. The van der Waals surface area contributed by atoms with Gasteiger partial charge >= 0.3 is 0 Å². The molecule has 2 heterocycles. The van der Waals surface area contributed by atoms with Crippen molar-refractivity contribution in [3.8, 4) is 0 Å². The maximum Gasteiger partial charge on any atom is 0.247 e. The van der Waals surface area contributed by atoms with Gasteiger partial charge in [0.05, 0.1) is 12.7 Å². The van der Waals surface area contributed by atoms with Crippen LogP contribution in [0.2, 0.25) is 0 Å². The number of likely N-dealkylation sites (N-methyl/N-ethyl adjacent to an activating group) is 1. The maximum atomic E-state index is 12.5. The van der Waals surface area contributed by atoms with Gasteiger partial charge in [0.15, 0.2) is 0 Å². The highest BCUT2D eigenvalue weighted by Crippen LogP contribution is 2.15. The van der Waals surface area contributed by atoms with E-state index in [1.165, 1.54) is 0 Å². The van der Waals surface area contributed by atoms with Crippen LogP contribution < -0.4 is 5.32 Å². The lowest BCUT2D eigenvalue weighted by Gasteiger charge is -2.36. The van der Waals surface area contributed by atoms with Gasteiger partial charge in [0, 0.05) is 32.6 Å². The first-order chi connectivity index (χ1) is 9.42. The Hall–Kier alpha value is -1.14. The number of amides is 2. The fourth-order valence-corrected chi connectivity index (χ4v) is 2.80. The first kappa shape index (κ1) is 15.3. The minimum atomic E-state index is -0.827. The number of hydrogen-bond acceptors (Lipinski definition) is 4. The monoisotopic (exact) mass is 283 g/mol. The van der Waals surface area contributed by atoms with E-state index in [-0.39, 0.29) is 17.9 Å². The minimum Gasteiger partial charge on any atom is -0.374 e. The van der Waals surface area contributed by atoms with Gasteiger partial charge < -0.3 is 15.0 Å². The molecule has 0 radical (unpaired) electrons. The summed E-state index contributed by atoms with van der Waals surface area (Å²) < 4.78 is 5.76. The van der Waals surface area contributed by atoms with Crippen LogP contribution in [-0.2, 0) is 14.3 Å². The first-order valence-corrected chi connectivity index (χ1v) is 7.36. The smallest absolute Gasteiger partial charge is 0.247 e. The molecule has 0 spiro atoms. The zero-order valence-corrected chi connectivity index (χ0v) is 12.6. The van der Waals surface area contributed by atoms with Crippen molar-refractivity contribution in [1.82, 2.24) is 15.1 Å². The van der Waals surface area contributed by atoms with E-state index in [1.54, 1.807) is 18.7 Å². The molecule has 0 aromatic heterocycles. The lowest BCUT2D eigenvalue weighted by molar-refractivity contribution is -0.140. The molecule has 1 N–H and O–H groups in total. The van der Waals surface area contributed by atoms with Crippen molar-refractivity contribution < 1.29 is 14.3 Å². The second kappa shape index (κ2) is 6.10. The van der Waals surface area contributed by atoms with Gasteiger partial charge in [-0.05, 0) is 20.4 Å². The number of nitrogens with one attached hydrogen (secondary N) is 1. The Morgan fingerprint density at radius 1 is 1.35 bits per heavy atom. The van der Waals surface area contributed by atoms with Crippen LogP contribution in [0, 0.1) is 0 Å². The SMILES string of the molecule is CCN1CCOC(CN2CCC(=O)NC(C)(C)C2=O)C1. The second-order valence-corrected chi connectivity index (χ2v) is 6.06. The Morgan fingerprint density at radius 3 is 2.80 bits per heavy atom. The molecule has 2 aliphatic heterocycles. The maximum absolute atomic E-state index is 12.5. The van der Waals surface area contributed by atoms with Crippen LogP contribution in [0.25, 0.3) is 0 Å². The fraction of sp³-hybridized carbons (Fsp3) is 0.857. The molecular weight excluding hydrogens is 258 g/mol. The van der Waals surface area contributed by atoms with Crippen LogP contribution in [-0.4, -0.2) is 72.6 Å². The van der Waals surface area contributed by atoms with Crippen LogP contribution in [0.4, 0.5) is 0 Å². The molecule has 114 valence electrons. The molecule has 2 rings (SSSR count). The summed E-state index contributed by atoms with van der Waals surface area (Å²) in [6, 6.07) is 0. The van der Waals surface area contributed by atoms with E-state index in [9.17, 15) is 9.59 Å². The molecule has 0 aromatic carbocycles. The van der Waals surface area contributed by atoms with Crippen molar-refractivity contribution in [3.63, 3.8) is 0 Å². The number of nitrogens with zero attached hydrogens (tertiary/aromatic N) is 2. The Kier molecular flexibility index (Phi) is 4.65. The first-order valence-electron chi connectivity index (χ1n) is 7.36. The summed E-state index contributed by atoms with van der Waals surface area (Å²) in [6.07, 6.45) is 0.399. The van der Waals surface area contributed by atoms with Gasteiger partial charge in [0.25, 0.3) is 0 Å². The highest BCUT2D eigenvalue weighted by Gasteiger charge is 2.37. The topological polar surface area (TPSA) is 61.9 Å². The number of rotatable bonds is 3. The fourth-order valence-electron chi connectivity index (χ4n) is 2.80. The standard InChI is InChI=1S/C14H25N3O3/c1-4-16-7-8-20-11(9-16)10-17-6-5-12(18)15-14(2,3)13(17)19/h11H,4-10H2,1-3H3,(H,15,18). The van der Waals surface area contributed by atoms with Crippen LogP contribution >= 0.6 is 0 Å². The molecule has 1 unspecified atom stereocenters. The third-order valence-electron chi connectivity index (χ3n) is 3.98. The summed E-state index contributed by atoms with van der Waals surface area (Å²) >= 11 is 0. The largest absolute Gasteiger partial charge is 0.374 e. The lowest BCUT2D eigenvalue weighted by Crippen LogP contribution is -2.55. The van der Waals surface area contributed by atoms with Crippen molar-refractivity contribution >= 4 is 11.8 Å². The molecule has 0 bridgehead atoms. The third-order valence-corrected chi connectivity index (χ3v) is 3.98. The average molecular weight is 283 g/mol. The highest BCUT2D eigenvalue weighted by molar-refractivity contribution is 5.92. The predicted molar refractivity (Wildman–Crippen MR) is 75.3 cm³/mol. The highest BCUT2D eigenvalue weighted by atomic mass is 16.5. The number of ether oxygens (including phenoxy) is 1. The lowest BCUT2D eigenvalue weighted by atomic mass is 10.0. The summed E-state index contributed by atoms with van der Waals surface area (Å²) in [5.41, 5.74) is -0.827. The predicted octanol–water partition coefficient (Wildman–Crippen LogP) is -0.166. The minimum absolute atomic E-state index is 0.0272. The molecule has 2 saturated heterocycles. The van der Waals surface area contributed by atoms with Gasteiger partial charge in [-0.3, -0.25) is 14.5 Å². The third kappa shape index (κ3) is 3.49. The number of morpholine rings is 1. The van der Waals surface area contributed by atoms with Crippen LogP contribution in [0.15, 0.2) is 0 Å². The van der Waals surface area contributed by atoms with Crippen LogP contribution in [0.3, 0.4) is 0 Å². The normalized spacial score (nSPS) is 28.1. The van der Waals surface area contributed by atoms with Crippen molar-refractivity contribution in [2.45, 2.75) is 38.8 Å². The summed E-state index contributed by atoms with van der Waals surface area (Å²) in [5, 5.41) is 2.77. The molecule has 6 heteroatoms. The molecule has 0 aromatic rings. The molecular formula is C14H25N3O3. The molecule has 0 aliphatic carbocycles. The van der Waals surface area contributed by atoms with Crippen LogP contribution in [0.5, 0.6) is 0 Å². The average Bonchev–Trinajstić information content (AvgIpc) is 2.50. The van der Waals surface area contributed by atoms with E-state index in [1.807, 2.05) is 0 Å². The van der Waals surface area contributed by atoms with Gasteiger partial charge in [0.2, 0.25) is 11.8 Å². The Labute approximate surface area is 120 Å². The summed E-state index contributed by atoms with van der Waals surface area (Å²) in [7, 11) is 0. The Balaban J connectivity index is 2.00. The van der Waals surface area contributed by atoms with E-state index < -0.39 is 5.54 Å². The van der Waals surface area contributed by atoms with Gasteiger partial charge in [-0.1, -0.05) is 6.92 Å².